The van der Waals surface area contributed by atoms with Crippen LogP contribution in [0.3, 0.4) is 0 Å². The van der Waals surface area contributed by atoms with E-state index < -0.39 is 0 Å². The predicted molar refractivity (Wildman–Crippen MR) is 120 cm³/mol. The Hall–Kier alpha value is -3.98. The molecular weight excluding hydrogens is 356 g/mol. The second-order valence-electron chi connectivity index (χ2n) is 6.96. The molecule has 5 aromatic carbocycles. The Bertz CT molecular complexity index is 1340. The SMILES string of the molecule is O=C(N/N=C/c1c2ccccc2cc2ccccc12)c1cccc2ccccc12. The van der Waals surface area contributed by atoms with Gasteiger partial charge in [0, 0.05) is 11.1 Å². The van der Waals surface area contributed by atoms with Gasteiger partial charge in [0.1, 0.15) is 0 Å². The maximum absolute atomic E-state index is 12.8. The minimum atomic E-state index is -0.220. The molecule has 0 fully saturated rings. The molecule has 138 valence electrons. The Kier molecular flexibility index (Phi) is 4.26. The summed E-state index contributed by atoms with van der Waals surface area (Å²) in [7, 11) is 0. The van der Waals surface area contributed by atoms with Crippen LogP contribution in [-0.2, 0) is 0 Å². The predicted octanol–water partition coefficient (Wildman–Crippen LogP) is 5.91. The summed E-state index contributed by atoms with van der Waals surface area (Å²) in [6.07, 6.45) is 1.74. The van der Waals surface area contributed by atoms with Gasteiger partial charge in [-0.1, -0.05) is 84.9 Å². The molecule has 0 saturated carbocycles. The molecule has 0 aliphatic carbocycles. The number of hydrogen-bond donors (Lipinski definition) is 1. The summed E-state index contributed by atoms with van der Waals surface area (Å²) in [6.45, 7) is 0. The number of carbonyl (C=O) groups excluding carboxylic acids is 1. The molecule has 0 unspecified atom stereocenters. The Morgan fingerprint density at radius 1 is 0.655 bits per heavy atom. The van der Waals surface area contributed by atoms with Crippen molar-refractivity contribution in [3.05, 3.63) is 108 Å². The molecule has 0 aliphatic rings. The van der Waals surface area contributed by atoms with Crippen LogP contribution in [0.5, 0.6) is 0 Å². The monoisotopic (exact) mass is 374 g/mol. The molecule has 0 heterocycles. The molecule has 1 amide bonds. The second kappa shape index (κ2) is 7.21. The van der Waals surface area contributed by atoms with Gasteiger partial charge in [-0.05, 0) is 44.5 Å². The first kappa shape index (κ1) is 17.1. The van der Waals surface area contributed by atoms with Gasteiger partial charge in [-0.15, -0.1) is 0 Å². The Morgan fingerprint density at radius 3 is 1.90 bits per heavy atom. The normalized spacial score (nSPS) is 11.4. The van der Waals surface area contributed by atoms with Crippen LogP contribution in [0.2, 0.25) is 0 Å². The molecule has 0 aliphatic heterocycles. The number of benzene rings is 5. The van der Waals surface area contributed by atoms with Gasteiger partial charge in [-0.2, -0.15) is 5.10 Å². The minimum Gasteiger partial charge on any atom is -0.267 e. The number of fused-ring (bicyclic) bond motifs is 3. The van der Waals surface area contributed by atoms with Gasteiger partial charge in [0.25, 0.3) is 5.91 Å². The quantitative estimate of drug-likeness (QED) is 0.238. The molecule has 3 nitrogen and oxygen atoms in total. The zero-order valence-corrected chi connectivity index (χ0v) is 15.7. The fourth-order valence-electron chi connectivity index (χ4n) is 3.83. The van der Waals surface area contributed by atoms with Crippen LogP contribution < -0.4 is 5.43 Å². The van der Waals surface area contributed by atoms with E-state index >= 15 is 0 Å². The number of rotatable bonds is 3. The molecule has 3 heteroatoms. The van der Waals surface area contributed by atoms with Gasteiger partial charge in [-0.3, -0.25) is 4.79 Å². The first-order valence-electron chi connectivity index (χ1n) is 9.53. The number of carbonyl (C=O) groups is 1. The highest BCUT2D eigenvalue weighted by molar-refractivity contribution is 6.14. The van der Waals surface area contributed by atoms with Crippen LogP contribution in [0.4, 0.5) is 0 Å². The van der Waals surface area contributed by atoms with Crippen molar-refractivity contribution in [2.75, 3.05) is 0 Å². The topological polar surface area (TPSA) is 41.5 Å². The van der Waals surface area contributed by atoms with Gasteiger partial charge in [0.05, 0.1) is 6.21 Å². The van der Waals surface area contributed by atoms with E-state index in [1.807, 2.05) is 66.7 Å². The zero-order chi connectivity index (χ0) is 19.6. The molecule has 0 atom stereocenters. The third kappa shape index (κ3) is 3.13. The number of hydrogen-bond acceptors (Lipinski definition) is 2. The van der Waals surface area contributed by atoms with Gasteiger partial charge >= 0.3 is 0 Å². The molecule has 29 heavy (non-hydrogen) atoms. The summed E-state index contributed by atoms with van der Waals surface area (Å²) in [5, 5.41) is 10.8. The van der Waals surface area contributed by atoms with Crippen molar-refractivity contribution < 1.29 is 4.79 Å². The van der Waals surface area contributed by atoms with Crippen molar-refractivity contribution in [3.8, 4) is 0 Å². The molecule has 0 bridgehead atoms. The van der Waals surface area contributed by atoms with E-state index in [0.29, 0.717) is 5.56 Å². The molecule has 0 radical (unpaired) electrons. The second-order valence-corrected chi connectivity index (χ2v) is 6.96. The van der Waals surface area contributed by atoms with Crippen LogP contribution >= 0.6 is 0 Å². The van der Waals surface area contributed by atoms with Crippen molar-refractivity contribution >= 4 is 44.4 Å². The Balaban J connectivity index is 1.53. The average molecular weight is 374 g/mol. The molecule has 0 spiro atoms. The fraction of sp³-hybridized carbons (Fsp3) is 0. The lowest BCUT2D eigenvalue weighted by Crippen LogP contribution is -2.18. The fourth-order valence-corrected chi connectivity index (χ4v) is 3.83. The highest BCUT2D eigenvalue weighted by Crippen LogP contribution is 2.27. The number of hydrazone groups is 1. The Labute approximate surface area is 168 Å². The molecule has 1 N–H and O–H groups in total. The third-order valence-corrected chi connectivity index (χ3v) is 5.21. The Morgan fingerprint density at radius 2 is 1.21 bits per heavy atom. The van der Waals surface area contributed by atoms with Gasteiger partial charge in [0.2, 0.25) is 0 Å². The lowest BCUT2D eigenvalue weighted by molar-refractivity contribution is 0.0957. The highest BCUT2D eigenvalue weighted by Gasteiger charge is 2.09. The van der Waals surface area contributed by atoms with Crippen LogP contribution in [0, 0.1) is 0 Å². The molecular formula is C26H18N2O. The van der Waals surface area contributed by atoms with Crippen molar-refractivity contribution in [1.29, 1.82) is 0 Å². The first-order chi connectivity index (χ1) is 14.3. The van der Waals surface area contributed by atoms with Crippen molar-refractivity contribution in [1.82, 2.24) is 5.43 Å². The van der Waals surface area contributed by atoms with Crippen molar-refractivity contribution in [2.45, 2.75) is 0 Å². The molecule has 0 saturated heterocycles. The minimum absolute atomic E-state index is 0.220. The third-order valence-electron chi connectivity index (χ3n) is 5.21. The summed E-state index contributed by atoms with van der Waals surface area (Å²) in [5.41, 5.74) is 4.31. The first-order valence-corrected chi connectivity index (χ1v) is 9.53. The summed E-state index contributed by atoms with van der Waals surface area (Å²) in [6, 6.07) is 32.2. The van der Waals surface area contributed by atoms with E-state index in [-0.39, 0.29) is 5.91 Å². The van der Waals surface area contributed by atoms with E-state index in [9.17, 15) is 4.79 Å². The van der Waals surface area contributed by atoms with Crippen LogP contribution in [0.1, 0.15) is 15.9 Å². The van der Waals surface area contributed by atoms with Crippen LogP contribution in [-0.4, -0.2) is 12.1 Å². The van der Waals surface area contributed by atoms with Crippen molar-refractivity contribution in [3.63, 3.8) is 0 Å². The van der Waals surface area contributed by atoms with E-state index in [2.05, 4.69) is 40.9 Å². The van der Waals surface area contributed by atoms with E-state index in [4.69, 9.17) is 0 Å². The summed E-state index contributed by atoms with van der Waals surface area (Å²) < 4.78 is 0. The standard InChI is InChI=1S/C26H18N2O/c29-26(24-15-7-11-18-8-1-4-12-21(18)24)28-27-17-25-22-13-5-2-9-19(22)16-20-10-3-6-14-23(20)25/h1-17H,(H,28,29)/b27-17+. The highest BCUT2D eigenvalue weighted by atomic mass is 16.2. The molecule has 5 aromatic rings. The molecule has 5 rings (SSSR count). The number of nitrogens with one attached hydrogen (secondary N) is 1. The van der Waals surface area contributed by atoms with Crippen LogP contribution in [0.25, 0.3) is 32.3 Å². The zero-order valence-electron chi connectivity index (χ0n) is 15.7. The van der Waals surface area contributed by atoms with E-state index in [1.54, 1.807) is 6.21 Å². The maximum Gasteiger partial charge on any atom is 0.271 e. The largest absolute Gasteiger partial charge is 0.271 e. The number of amides is 1. The number of nitrogens with zero attached hydrogens (tertiary/aromatic N) is 1. The van der Waals surface area contributed by atoms with Crippen molar-refractivity contribution in [2.24, 2.45) is 5.10 Å². The van der Waals surface area contributed by atoms with Gasteiger partial charge < -0.3 is 0 Å². The van der Waals surface area contributed by atoms with Crippen LogP contribution in [0.15, 0.2) is 102 Å². The smallest absolute Gasteiger partial charge is 0.267 e. The summed E-state index contributed by atoms with van der Waals surface area (Å²) in [4.78, 5) is 12.8. The van der Waals surface area contributed by atoms with Gasteiger partial charge in [0.15, 0.2) is 0 Å². The summed E-state index contributed by atoms with van der Waals surface area (Å²) >= 11 is 0. The van der Waals surface area contributed by atoms with E-state index in [1.165, 1.54) is 0 Å². The van der Waals surface area contributed by atoms with Gasteiger partial charge in [-0.25, -0.2) is 5.43 Å². The van der Waals surface area contributed by atoms with E-state index in [0.717, 1.165) is 37.9 Å². The lowest BCUT2D eigenvalue weighted by atomic mass is 9.97. The summed E-state index contributed by atoms with van der Waals surface area (Å²) in [5.74, 6) is -0.220. The average Bonchev–Trinajstić information content (AvgIpc) is 2.78. The maximum atomic E-state index is 12.8. The lowest BCUT2D eigenvalue weighted by Gasteiger charge is -2.08. The molecule has 0 aromatic heterocycles.